The third-order valence-electron chi connectivity index (χ3n) is 2.70. The van der Waals surface area contributed by atoms with Crippen LogP contribution < -0.4 is 0 Å². The third kappa shape index (κ3) is 4.17. The van der Waals surface area contributed by atoms with E-state index >= 15 is 0 Å². The fraction of sp³-hybridized carbons (Fsp3) is 0.0625. The van der Waals surface area contributed by atoms with Gasteiger partial charge in [-0.25, -0.2) is 0 Å². The van der Waals surface area contributed by atoms with E-state index in [1.54, 1.807) is 18.3 Å². The van der Waals surface area contributed by atoms with Crippen LogP contribution in [0.1, 0.15) is 11.1 Å². The summed E-state index contributed by atoms with van der Waals surface area (Å²) in [5.41, 5.74) is 2.16. The quantitative estimate of drug-likeness (QED) is 0.468. The zero-order chi connectivity index (χ0) is 14.2. The molecule has 0 atom stereocenters. The predicted molar refractivity (Wildman–Crippen MR) is 80.8 cm³/mol. The number of nitrogens with zero attached hydrogens (tertiary/aromatic N) is 2. The molecule has 100 valence electrons. The smallest absolute Gasteiger partial charge is 0.269 e. The summed E-state index contributed by atoms with van der Waals surface area (Å²) in [7, 11) is 0. The van der Waals surface area contributed by atoms with E-state index in [-0.39, 0.29) is 5.69 Å². The first kappa shape index (κ1) is 13.7. The molecule has 0 aliphatic carbocycles. The Kier molecular flexibility index (Phi) is 4.78. The number of hydrogen-bond donors (Lipinski definition) is 0. The van der Waals surface area contributed by atoms with Crippen molar-refractivity contribution in [1.29, 1.82) is 0 Å². The fourth-order valence-corrected chi connectivity index (χ4v) is 1.66. The van der Waals surface area contributed by atoms with Crippen molar-refractivity contribution >= 4 is 18.0 Å². The molecule has 0 bridgehead atoms. The zero-order valence-electron chi connectivity index (χ0n) is 10.8. The van der Waals surface area contributed by atoms with Gasteiger partial charge in [0.05, 0.1) is 11.5 Å². The normalized spacial score (nSPS) is 11.2. The van der Waals surface area contributed by atoms with E-state index in [9.17, 15) is 10.1 Å². The molecule has 0 aromatic heterocycles. The maximum atomic E-state index is 10.5. The first-order chi connectivity index (χ1) is 9.75. The van der Waals surface area contributed by atoms with Crippen molar-refractivity contribution < 1.29 is 4.92 Å². The highest BCUT2D eigenvalue weighted by atomic mass is 16.6. The summed E-state index contributed by atoms with van der Waals surface area (Å²) in [5, 5.41) is 10.5. The third-order valence-corrected chi connectivity index (χ3v) is 2.70. The number of benzene rings is 2. The van der Waals surface area contributed by atoms with E-state index in [0.717, 1.165) is 11.1 Å². The van der Waals surface area contributed by atoms with Crippen LogP contribution in [0.4, 0.5) is 5.69 Å². The molecule has 0 aliphatic heterocycles. The maximum absolute atomic E-state index is 10.5. The van der Waals surface area contributed by atoms with Crippen molar-refractivity contribution in [1.82, 2.24) is 0 Å². The van der Waals surface area contributed by atoms with E-state index in [2.05, 4.69) is 4.99 Å². The van der Waals surface area contributed by atoms with Gasteiger partial charge in [0.15, 0.2) is 0 Å². The molecular formula is C16H14N2O2. The molecule has 0 unspecified atom stereocenters. The van der Waals surface area contributed by atoms with Gasteiger partial charge in [0, 0.05) is 18.3 Å². The highest BCUT2D eigenvalue weighted by molar-refractivity contribution is 5.78. The summed E-state index contributed by atoms with van der Waals surface area (Å²) in [6.45, 7) is 0.511. The van der Waals surface area contributed by atoms with Gasteiger partial charge in [0.1, 0.15) is 0 Å². The Morgan fingerprint density at radius 1 is 1.05 bits per heavy atom. The summed E-state index contributed by atoms with van der Waals surface area (Å²) in [6.07, 6.45) is 5.58. The van der Waals surface area contributed by atoms with Crippen molar-refractivity contribution in [2.75, 3.05) is 0 Å². The molecule has 0 saturated heterocycles. The molecule has 2 rings (SSSR count). The summed E-state index contributed by atoms with van der Waals surface area (Å²) in [6, 6.07) is 16.4. The van der Waals surface area contributed by atoms with Crippen molar-refractivity contribution in [2.24, 2.45) is 4.99 Å². The van der Waals surface area contributed by atoms with Gasteiger partial charge in [-0.2, -0.15) is 0 Å². The molecule has 0 spiro atoms. The minimum atomic E-state index is -0.407. The van der Waals surface area contributed by atoms with Crippen LogP contribution in [-0.2, 0) is 6.54 Å². The number of nitro groups is 1. The van der Waals surface area contributed by atoms with Crippen LogP contribution >= 0.6 is 0 Å². The predicted octanol–water partition coefficient (Wildman–Crippen LogP) is 3.88. The Morgan fingerprint density at radius 2 is 1.75 bits per heavy atom. The summed E-state index contributed by atoms with van der Waals surface area (Å²) in [4.78, 5) is 14.4. The second kappa shape index (κ2) is 6.99. The molecule has 4 nitrogen and oxygen atoms in total. The van der Waals surface area contributed by atoms with Gasteiger partial charge in [-0.15, -0.1) is 0 Å². The lowest BCUT2D eigenvalue weighted by atomic mass is 10.2. The SMILES string of the molecule is O=[N+]([O-])c1ccc(C/N=C/C=C/c2ccccc2)cc1. The molecule has 4 heteroatoms. The fourth-order valence-electron chi connectivity index (χ4n) is 1.66. The second-order valence-corrected chi connectivity index (χ2v) is 4.18. The minimum Gasteiger partial charge on any atom is -0.288 e. The Labute approximate surface area is 117 Å². The standard InChI is InChI=1S/C16H14N2O2/c19-18(20)16-10-8-15(9-11-16)13-17-12-4-7-14-5-2-1-3-6-14/h1-12H,13H2/b7-4+,17-12+. The maximum Gasteiger partial charge on any atom is 0.269 e. The lowest BCUT2D eigenvalue weighted by molar-refractivity contribution is -0.384. The highest BCUT2D eigenvalue weighted by Gasteiger charge is 2.02. The number of hydrogen-bond acceptors (Lipinski definition) is 3. The highest BCUT2D eigenvalue weighted by Crippen LogP contribution is 2.12. The molecule has 0 amide bonds. The number of allylic oxidation sites excluding steroid dienone is 1. The van der Waals surface area contributed by atoms with Gasteiger partial charge in [-0.3, -0.25) is 15.1 Å². The van der Waals surface area contributed by atoms with E-state index in [1.807, 2.05) is 42.5 Å². The van der Waals surface area contributed by atoms with Crippen molar-refractivity contribution in [3.63, 3.8) is 0 Å². The van der Waals surface area contributed by atoms with Crippen LogP contribution in [0.2, 0.25) is 0 Å². The molecule has 2 aromatic carbocycles. The summed E-state index contributed by atoms with van der Waals surface area (Å²) >= 11 is 0. The number of aliphatic imine (C=N–C) groups is 1. The van der Waals surface area contributed by atoms with Crippen LogP contribution in [-0.4, -0.2) is 11.1 Å². The van der Waals surface area contributed by atoms with Gasteiger partial charge < -0.3 is 0 Å². The number of rotatable bonds is 5. The topological polar surface area (TPSA) is 55.5 Å². The summed E-state index contributed by atoms with van der Waals surface area (Å²) in [5.74, 6) is 0. The van der Waals surface area contributed by atoms with Crippen LogP contribution in [0.25, 0.3) is 6.08 Å². The number of nitro benzene ring substituents is 1. The zero-order valence-corrected chi connectivity index (χ0v) is 10.8. The Hall–Kier alpha value is -2.75. The van der Waals surface area contributed by atoms with Gasteiger partial charge in [0.2, 0.25) is 0 Å². The Morgan fingerprint density at radius 3 is 2.40 bits per heavy atom. The Balaban J connectivity index is 1.87. The molecular weight excluding hydrogens is 252 g/mol. The van der Waals surface area contributed by atoms with Gasteiger partial charge in [0.25, 0.3) is 5.69 Å². The molecule has 0 aliphatic rings. The first-order valence-corrected chi connectivity index (χ1v) is 6.20. The van der Waals surface area contributed by atoms with Crippen LogP contribution in [0.3, 0.4) is 0 Å². The van der Waals surface area contributed by atoms with Gasteiger partial charge >= 0.3 is 0 Å². The molecule has 0 fully saturated rings. The second-order valence-electron chi connectivity index (χ2n) is 4.18. The Bertz CT molecular complexity index is 617. The van der Waals surface area contributed by atoms with E-state index in [4.69, 9.17) is 0 Å². The monoisotopic (exact) mass is 266 g/mol. The molecule has 0 N–H and O–H groups in total. The average molecular weight is 266 g/mol. The van der Waals surface area contributed by atoms with Gasteiger partial charge in [-0.1, -0.05) is 48.5 Å². The van der Waals surface area contributed by atoms with E-state index in [0.29, 0.717) is 6.54 Å². The van der Waals surface area contributed by atoms with Crippen molar-refractivity contribution in [2.45, 2.75) is 6.54 Å². The molecule has 2 aromatic rings. The van der Waals surface area contributed by atoms with Crippen molar-refractivity contribution in [3.8, 4) is 0 Å². The molecule has 20 heavy (non-hydrogen) atoms. The average Bonchev–Trinajstić information content (AvgIpc) is 2.48. The van der Waals surface area contributed by atoms with E-state index < -0.39 is 4.92 Å². The summed E-state index contributed by atoms with van der Waals surface area (Å²) < 4.78 is 0. The number of non-ortho nitro benzene ring substituents is 1. The largest absolute Gasteiger partial charge is 0.288 e. The lowest BCUT2D eigenvalue weighted by Crippen LogP contribution is -1.88. The minimum absolute atomic E-state index is 0.0988. The lowest BCUT2D eigenvalue weighted by Gasteiger charge is -1.95. The molecule has 0 radical (unpaired) electrons. The molecule has 0 saturated carbocycles. The van der Waals surface area contributed by atoms with E-state index in [1.165, 1.54) is 12.1 Å². The van der Waals surface area contributed by atoms with Gasteiger partial charge in [-0.05, 0) is 17.2 Å². The van der Waals surface area contributed by atoms with Crippen LogP contribution in [0.5, 0.6) is 0 Å². The van der Waals surface area contributed by atoms with Crippen LogP contribution in [0.15, 0.2) is 65.7 Å². The first-order valence-electron chi connectivity index (χ1n) is 6.20. The van der Waals surface area contributed by atoms with Crippen LogP contribution in [0, 0.1) is 10.1 Å². The molecule has 0 heterocycles. The van der Waals surface area contributed by atoms with Crippen molar-refractivity contribution in [3.05, 3.63) is 81.9 Å².